The van der Waals surface area contributed by atoms with Crippen LogP contribution in [-0.2, 0) is 19.5 Å². The molecule has 0 aliphatic carbocycles. The van der Waals surface area contributed by atoms with Gasteiger partial charge in [0.2, 0.25) is 0 Å². The Hall–Kier alpha value is -1.52. The number of H-pyrrole nitrogens is 1. The molecule has 1 aromatic heterocycles. The maximum absolute atomic E-state index is 5.80. The molecule has 0 bridgehead atoms. The van der Waals surface area contributed by atoms with E-state index in [2.05, 4.69) is 39.4 Å². The number of rotatable bonds is 2. The van der Waals surface area contributed by atoms with Gasteiger partial charge in [0.15, 0.2) is 0 Å². The van der Waals surface area contributed by atoms with Gasteiger partial charge >= 0.3 is 0 Å². The monoisotopic (exact) mass is 264 g/mol. The summed E-state index contributed by atoms with van der Waals surface area (Å²) >= 11 is 0. The SMILES string of the molecule is Cl.Nc1n[nH]c2c1CCN(Cc1ccccc1)C2. The van der Waals surface area contributed by atoms with Gasteiger partial charge in [-0.1, -0.05) is 30.3 Å². The van der Waals surface area contributed by atoms with Gasteiger partial charge in [0.1, 0.15) is 5.82 Å². The van der Waals surface area contributed by atoms with E-state index in [1.807, 2.05) is 6.07 Å². The van der Waals surface area contributed by atoms with Crippen LogP contribution in [0.4, 0.5) is 5.82 Å². The standard InChI is InChI=1S/C13H16N4.ClH/c14-13-11-6-7-17(9-12(11)15-16-13)8-10-4-2-1-3-5-10;/h1-5H,6-9H2,(H3,14,15,16);1H. The molecule has 1 aromatic carbocycles. The number of aromatic amines is 1. The van der Waals surface area contributed by atoms with Crippen LogP contribution in [0.5, 0.6) is 0 Å². The molecule has 4 nitrogen and oxygen atoms in total. The van der Waals surface area contributed by atoms with Crippen molar-refractivity contribution in [2.24, 2.45) is 0 Å². The van der Waals surface area contributed by atoms with Crippen molar-refractivity contribution in [1.29, 1.82) is 0 Å². The number of nitrogens with zero attached hydrogens (tertiary/aromatic N) is 2. The third kappa shape index (κ3) is 2.49. The molecule has 0 unspecified atom stereocenters. The third-order valence-electron chi connectivity index (χ3n) is 3.29. The summed E-state index contributed by atoms with van der Waals surface area (Å²) in [7, 11) is 0. The van der Waals surface area contributed by atoms with E-state index >= 15 is 0 Å². The first kappa shape index (κ1) is 12.9. The van der Waals surface area contributed by atoms with Gasteiger partial charge < -0.3 is 5.73 Å². The van der Waals surface area contributed by atoms with Crippen LogP contribution in [0.1, 0.15) is 16.8 Å². The van der Waals surface area contributed by atoms with Gasteiger partial charge in [0.05, 0.1) is 5.69 Å². The van der Waals surface area contributed by atoms with Gasteiger partial charge in [-0.3, -0.25) is 10.00 Å². The van der Waals surface area contributed by atoms with Crippen LogP contribution in [0.15, 0.2) is 30.3 Å². The Morgan fingerprint density at radius 3 is 2.83 bits per heavy atom. The average Bonchev–Trinajstić information content (AvgIpc) is 2.72. The molecule has 0 saturated heterocycles. The fourth-order valence-corrected chi connectivity index (χ4v) is 2.38. The molecule has 1 aliphatic rings. The van der Waals surface area contributed by atoms with Crippen molar-refractivity contribution in [3.63, 3.8) is 0 Å². The zero-order valence-electron chi connectivity index (χ0n) is 10.1. The number of nitrogen functional groups attached to an aromatic ring is 1. The van der Waals surface area contributed by atoms with Crippen molar-refractivity contribution in [2.45, 2.75) is 19.5 Å². The fraction of sp³-hybridized carbons (Fsp3) is 0.308. The summed E-state index contributed by atoms with van der Waals surface area (Å²) < 4.78 is 0. The predicted molar refractivity (Wildman–Crippen MR) is 74.5 cm³/mol. The minimum atomic E-state index is 0. The molecule has 96 valence electrons. The Morgan fingerprint density at radius 2 is 2.06 bits per heavy atom. The summed E-state index contributed by atoms with van der Waals surface area (Å²) in [5, 5.41) is 7.09. The number of anilines is 1. The summed E-state index contributed by atoms with van der Waals surface area (Å²) in [5.74, 6) is 0.666. The normalized spacial score (nSPS) is 14.9. The number of halogens is 1. The second-order valence-electron chi connectivity index (χ2n) is 4.51. The molecule has 0 amide bonds. The summed E-state index contributed by atoms with van der Waals surface area (Å²) in [4.78, 5) is 2.41. The van der Waals surface area contributed by atoms with Crippen molar-refractivity contribution in [2.75, 3.05) is 12.3 Å². The summed E-state index contributed by atoms with van der Waals surface area (Å²) in [6, 6.07) is 10.5. The van der Waals surface area contributed by atoms with Gasteiger partial charge in [-0.05, 0) is 12.0 Å². The van der Waals surface area contributed by atoms with Gasteiger partial charge in [-0.15, -0.1) is 12.4 Å². The lowest BCUT2D eigenvalue weighted by Gasteiger charge is -2.26. The van der Waals surface area contributed by atoms with Crippen LogP contribution in [0.3, 0.4) is 0 Å². The molecule has 0 saturated carbocycles. The van der Waals surface area contributed by atoms with Crippen LogP contribution in [0, 0.1) is 0 Å². The molecule has 0 spiro atoms. The molecule has 2 aromatic rings. The number of nitrogens with two attached hydrogens (primary N) is 1. The lowest BCUT2D eigenvalue weighted by Crippen LogP contribution is -2.30. The highest BCUT2D eigenvalue weighted by Gasteiger charge is 2.20. The summed E-state index contributed by atoms with van der Waals surface area (Å²) in [5.41, 5.74) is 9.52. The van der Waals surface area contributed by atoms with Crippen LogP contribution in [-0.4, -0.2) is 21.6 Å². The molecule has 3 rings (SSSR count). The molecule has 18 heavy (non-hydrogen) atoms. The second-order valence-corrected chi connectivity index (χ2v) is 4.51. The molecule has 0 fully saturated rings. The first-order valence-corrected chi connectivity index (χ1v) is 5.91. The van der Waals surface area contributed by atoms with E-state index in [1.165, 1.54) is 16.8 Å². The van der Waals surface area contributed by atoms with Gasteiger partial charge in [-0.2, -0.15) is 5.10 Å². The van der Waals surface area contributed by atoms with E-state index in [4.69, 9.17) is 5.73 Å². The highest BCUT2D eigenvalue weighted by Crippen LogP contribution is 2.22. The summed E-state index contributed by atoms with van der Waals surface area (Å²) in [6.07, 6.45) is 0.991. The van der Waals surface area contributed by atoms with Crippen molar-refractivity contribution >= 4 is 18.2 Å². The maximum atomic E-state index is 5.80. The van der Waals surface area contributed by atoms with E-state index in [-0.39, 0.29) is 12.4 Å². The summed E-state index contributed by atoms with van der Waals surface area (Å²) in [6.45, 7) is 2.94. The zero-order chi connectivity index (χ0) is 11.7. The molecule has 0 radical (unpaired) electrons. The minimum Gasteiger partial charge on any atom is -0.382 e. The van der Waals surface area contributed by atoms with E-state index in [0.29, 0.717) is 5.82 Å². The van der Waals surface area contributed by atoms with Crippen LogP contribution < -0.4 is 5.73 Å². The Labute approximate surface area is 113 Å². The molecule has 5 heteroatoms. The lowest BCUT2D eigenvalue weighted by molar-refractivity contribution is 0.242. The number of fused-ring (bicyclic) bond motifs is 1. The van der Waals surface area contributed by atoms with Crippen LogP contribution >= 0.6 is 12.4 Å². The maximum Gasteiger partial charge on any atom is 0.148 e. The molecule has 2 heterocycles. The Bertz CT molecular complexity index is 509. The van der Waals surface area contributed by atoms with Crippen molar-refractivity contribution < 1.29 is 0 Å². The average molecular weight is 265 g/mol. The van der Waals surface area contributed by atoms with E-state index in [9.17, 15) is 0 Å². The molecule has 3 N–H and O–H groups in total. The van der Waals surface area contributed by atoms with Crippen molar-refractivity contribution in [1.82, 2.24) is 15.1 Å². The number of benzene rings is 1. The first-order valence-electron chi connectivity index (χ1n) is 5.91. The van der Waals surface area contributed by atoms with Crippen molar-refractivity contribution in [3.05, 3.63) is 47.2 Å². The topological polar surface area (TPSA) is 57.9 Å². The van der Waals surface area contributed by atoms with Gasteiger partial charge in [0, 0.05) is 25.2 Å². The number of aromatic nitrogens is 2. The molecule has 1 aliphatic heterocycles. The second kappa shape index (κ2) is 5.42. The van der Waals surface area contributed by atoms with Gasteiger partial charge in [0.25, 0.3) is 0 Å². The Morgan fingerprint density at radius 1 is 1.28 bits per heavy atom. The van der Waals surface area contributed by atoms with E-state index < -0.39 is 0 Å². The molecule has 0 atom stereocenters. The molecular weight excluding hydrogens is 248 g/mol. The predicted octanol–water partition coefficient (Wildman–Crippen LogP) is 1.97. The van der Waals surface area contributed by atoms with Crippen LogP contribution in [0.2, 0.25) is 0 Å². The quantitative estimate of drug-likeness (QED) is 0.872. The number of nitrogens with one attached hydrogen (secondary N) is 1. The van der Waals surface area contributed by atoms with E-state index in [1.54, 1.807) is 0 Å². The molecular formula is C13H17ClN4. The Kier molecular flexibility index (Phi) is 3.89. The van der Waals surface area contributed by atoms with Crippen molar-refractivity contribution in [3.8, 4) is 0 Å². The third-order valence-corrected chi connectivity index (χ3v) is 3.29. The fourth-order valence-electron chi connectivity index (χ4n) is 2.38. The smallest absolute Gasteiger partial charge is 0.148 e. The lowest BCUT2D eigenvalue weighted by atomic mass is 10.1. The van der Waals surface area contributed by atoms with Crippen LogP contribution in [0.25, 0.3) is 0 Å². The number of hydrogen-bond donors (Lipinski definition) is 2. The highest BCUT2D eigenvalue weighted by molar-refractivity contribution is 5.85. The zero-order valence-corrected chi connectivity index (χ0v) is 10.9. The number of hydrogen-bond acceptors (Lipinski definition) is 3. The van der Waals surface area contributed by atoms with Gasteiger partial charge in [-0.25, -0.2) is 0 Å². The Balaban J connectivity index is 0.00000120. The minimum absolute atomic E-state index is 0. The largest absolute Gasteiger partial charge is 0.382 e. The highest BCUT2D eigenvalue weighted by atomic mass is 35.5. The van der Waals surface area contributed by atoms with E-state index in [0.717, 1.165) is 26.1 Å². The first-order chi connectivity index (χ1) is 8.33.